The molecular weight excluding hydrogens is 359 g/mol. The van der Waals surface area contributed by atoms with Gasteiger partial charge in [0.05, 0.1) is 30.4 Å². The Balaban J connectivity index is 2.68. The van der Waals surface area contributed by atoms with Crippen LogP contribution in [0.15, 0.2) is 12.1 Å². The lowest BCUT2D eigenvalue weighted by Gasteiger charge is -2.11. The Bertz CT molecular complexity index is 440. The Morgan fingerprint density at radius 2 is 1.89 bits per heavy atom. The molecule has 0 spiro atoms. The summed E-state index contributed by atoms with van der Waals surface area (Å²) in [6.07, 6.45) is 0. The summed E-state index contributed by atoms with van der Waals surface area (Å²) in [6, 6.07) is 3.07. The molecule has 1 aromatic carbocycles. The van der Waals surface area contributed by atoms with Gasteiger partial charge < -0.3 is 14.2 Å². The quantitative estimate of drug-likeness (QED) is 0.417. The molecule has 1 rings (SSSR count). The highest BCUT2D eigenvalue weighted by atomic mass is 79.9. The summed E-state index contributed by atoms with van der Waals surface area (Å²) >= 11 is 15.1. The number of ether oxygens (including phenoxy) is 3. The third kappa shape index (κ3) is 4.84. The maximum atomic E-state index is 11.9. The number of hydrogen-bond acceptors (Lipinski definition) is 4. The van der Waals surface area contributed by atoms with Gasteiger partial charge in [0.25, 0.3) is 0 Å². The first-order valence-electron chi connectivity index (χ1n) is 5.44. The third-order valence-corrected chi connectivity index (χ3v) is 3.09. The summed E-state index contributed by atoms with van der Waals surface area (Å²) in [5.74, 6) is -0.382. The molecule has 0 bridgehead atoms. The predicted molar refractivity (Wildman–Crippen MR) is 77.9 cm³/mol. The monoisotopic (exact) mass is 370 g/mol. The maximum absolute atomic E-state index is 11.9. The number of rotatable bonds is 7. The van der Waals surface area contributed by atoms with Crippen LogP contribution in [-0.2, 0) is 9.47 Å². The number of alkyl halides is 1. The molecule has 19 heavy (non-hydrogen) atoms. The molecule has 0 saturated carbocycles. The Kier molecular flexibility index (Phi) is 7.53. The largest absolute Gasteiger partial charge is 0.494 e. The normalized spacial score (nSPS) is 10.3. The fraction of sp³-hybridized carbons (Fsp3) is 0.417. The Hall–Kier alpha value is -0.490. The van der Waals surface area contributed by atoms with Crippen molar-refractivity contribution in [2.24, 2.45) is 0 Å². The van der Waals surface area contributed by atoms with Gasteiger partial charge in [0.1, 0.15) is 12.2 Å². The molecule has 1 aromatic rings. The summed E-state index contributed by atoms with van der Waals surface area (Å²) in [5, 5.41) is 1.26. The van der Waals surface area contributed by atoms with Crippen molar-refractivity contribution in [3.63, 3.8) is 0 Å². The molecule has 106 valence electrons. The first-order chi connectivity index (χ1) is 9.11. The number of benzene rings is 1. The van der Waals surface area contributed by atoms with Crippen molar-refractivity contribution in [2.45, 2.75) is 0 Å². The van der Waals surface area contributed by atoms with Crippen LogP contribution in [0.3, 0.4) is 0 Å². The van der Waals surface area contributed by atoms with Crippen molar-refractivity contribution < 1.29 is 19.0 Å². The average Bonchev–Trinajstić information content (AvgIpc) is 2.40. The first kappa shape index (κ1) is 16.6. The Labute approximate surface area is 130 Å². The molecule has 0 N–H and O–H groups in total. The predicted octanol–water partition coefficient (Wildman–Crippen LogP) is 3.57. The average molecular weight is 372 g/mol. The van der Waals surface area contributed by atoms with E-state index < -0.39 is 5.97 Å². The number of esters is 1. The van der Waals surface area contributed by atoms with Crippen molar-refractivity contribution in [1.29, 1.82) is 0 Å². The molecule has 0 fully saturated rings. The van der Waals surface area contributed by atoms with Crippen molar-refractivity contribution in [3.05, 3.63) is 27.7 Å². The summed E-state index contributed by atoms with van der Waals surface area (Å²) in [6.45, 7) is 1.01. The first-order valence-corrected chi connectivity index (χ1v) is 7.32. The fourth-order valence-electron chi connectivity index (χ4n) is 1.35. The van der Waals surface area contributed by atoms with Crippen LogP contribution < -0.4 is 4.74 Å². The van der Waals surface area contributed by atoms with E-state index in [-0.39, 0.29) is 22.9 Å². The van der Waals surface area contributed by atoms with Crippen LogP contribution in [0.2, 0.25) is 10.0 Å². The molecule has 0 radical (unpaired) electrons. The lowest BCUT2D eigenvalue weighted by atomic mass is 10.2. The molecule has 0 aromatic heterocycles. The minimum Gasteiger partial charge on any atom is -0.494 e. The molecule has 4 nitrogen and oxygen atoms in total. The number of methoxy groups -OCH3 is 1. The summed E-state index contributed by atoms with van der Waals surface area (Å²) in [5.41, 5.74) is 0.122. The van der Waals surface area contributed by atoms with Gasteiger partial charge >= 0.3 is 5.97 Å². The van der Waals surface area contributed by atoms with E-state index in [4.69, 9.17) is 37.4 Å². The van der Waals surface area contributed by atoms with Gasteiger partial charge in [-0.1, -0.05) is 39.1 Å². The zero-order valence-corrected chi connectivity index (χ0v) is 13.3. The van der Waals surface area contributed by atoms with Gasteiger partial charge in [0, 0.05) is 5.33 Å². The van der Waals surface area contributed by atoms with Crippen LogP contribution in [0.4, 0.5) is 0 Å². The number of hydrogen-bond donors (Lipinski definition) is 0. The minimum atomic E-state index is -0.591. The van der Waals surface area contributed by atoms with Gasteiger partial charge in [-0.15, -0.1) is 0 Å². The fourth-order valence-corrected chi connectivity index (χ4v) is 2.03. The SMILES string of the molecule is COc1c(Cl)ccc(Cl)c1C(=O)OCCOCCBr. The molecule has 0 aliphatic rings. The van der Waals surface area contributed by atoms with Gasteiger partial charge in [0.15, 0.2) is 5.75 Å². The standard InChI is InChI=1S/C12H13BrCl2O4/c1-17-11-9(15)3-2-8(14)10(11)12(16)19-7-6-18-5-4-13/h2-3H,4-7H2,1H3. The van der Waals surface area contributed by atoms with E-state index in [0.29, 0.717) is 18.2 Å². The molecule has 0 aliphatic heterocycles. The maximum Gasteiger partial charge on any atom is 0.343 e. The summed E-state index contributed by atoms with van der Waals surface area (Å²) in [4.78, 5) is 11.9. The smallest absolute Gasteiger partial charge is 0.343 e. The second-order valence-corrected chi connectivity index (χ2v) is 4.98. The van der Waals surface area contributed by atoms with E-state index in [1.54, 1.807) is 6.07 Å². The number of carbonyl (C=O) groups is 1. The molecular formula is C12H13BrCl2O4. The summed E-state index contributed by atoms with van der Waals surface area (Å²) < 4.78 is 15.3. The van der Waals surface area contributed by atoms with Gasteiger partial charge in [-0.2, -0.15) is 0 Å². The van der Waals surface area contributed by atoms with Gasteiger partial charge in [-0.05, 0) is 12.1 Å². The van der Waals surface area contributed by atoms with Gasteiger partial charge in [0.2, 0.25) is 0 Å². The summed E-state index contributed by atoms with van der Waals surface area (Å²) in [7, 11) is 1.41. The highest BCUT2D eigenvalue weighted by Crippen LogP contribution is 2.34. The van der Waals surface area contributed by atoms with E-state index >= 15 is 0 Å². The topological polar surface area (TPSA) is 44.8 Å². The molecule has 0 aliphatic carbocycles. The van der Waals surface area contributed by atoms with Crippen molar-refractivity contribution in [3.8, 4) is 5.75 Å². The molecule has 0 unspecified atom stereocenters. The molecule has 7 heteroatoms. The van der Waals surface area contributed by atoms with Crippen molar-refractivity contribution in [1.82, 2.24) is 0 Å². The van der Waals surface area contributed by atoms with Crippen molar-refractivity contribution >= 4 is 45.1 Å². The molecule has 0 atom stereocenters. The van der Waals surface area contributed by atoms with Gasteiger partial charge in [-0.3, -0.25) is 0 Å². The number of halogens is 3. The molecule has 0 amide bonds. The van der Waals surface area contributed by atoms with E-state index in [9.17, 15) is 4.79 Å². The van der Waals surface area contributed by atoms with E-state index in [0.717, 1.165) is 5.33 Å². The highest BCUT2D eigenvalue weighted by molar-refractivity contribution is 9.09. The second kappa shape index (κ2) is 8.64. The van der Waals surface area contributed by atoms with Crippen LogP contribution in [-0.4, -0.2) is 38.2 Å². The van der Waals surface area contributed by atoms with Crippen LogP contribution in [0.25, 0.3) is 0 Å². The van der Waals surface area contributed by atoms with E-state index in [1.165, 1.54) is 13.2 Å². The highest BCUT2D eigenvalue weighted by Gasteiger charge is 2.20. The zero-order valence-electron chi connectivity index (χ0n) is 10.3. The van der Waals surface area contributed by atoms with Crippen LogP contribution in [0, 0.1) is 0 Å². The van der Waals surface area contributed by atoms with Crippen LogP contribution in [0.1, 0.15) is 10.4 Å². The zero-order chi connectivity index (χ0) is 14.3. The van der Waals surface area contributed by atoms with Crippen molar-refractivity contribution in [2.75, 3.05) is 32.3 Å². The number of carbonyl (C=O) groups excluding carboxylic acids is 1. The third-order valence-electron chi connectivity index (χ3n) is 2.15. The Morgan fingerprint density at radius 3 is 2.53 bits per heavy atom. The van der Waals surface area contributed by atoms with E-state index in [1.807, 2.05) is 0 Å². The molecule has 0 heterocycles. The minimum absolute atomic E-state index is 0.122. The second-order valence-electron chi connectivity index (χ2n) is 3.37. The lowest BCUT2D eigenvalue weighted by Crippen LogP contribution is -2.13. The molecule has 0 saturated heterocycles. The Morgan fingerprint density at radius 1 is 1.21 bits per heavy atom. The lowest BCUT2D eigenvalue weighted by molar-refractivity contribution is 0.0337. The van der Waals surface area contributed by atoms with Crippen LogP contribution in [0.5, 0.6) is 5.75 Å². The van der Waals surface area contributed by atoms with E-state index in [2.05, 4.69) is 15.9 Å². The van der Waals surface area contributed by atoms with Gasteiger partial charge in [-0.25, -0.2) is 4.79 Å². The van der Waals surface area contributed by atoms with Crippen LogP contribution >= 0.6 is 39.1 Å².